The van der Waals surface area contributed by atoms with Crippen molar-refractivity contribution in [2.75, 3.05) is 33.4 Å². The van der Waals surface area contributed by atoms with Gasteiger partial charge in [-0.05, 0) is 31.8 Å². The number of hydrogen-bond donors (Lipinski definition) is 0. The summed E-state index contributed by atoms with van der Waals surface area (Å²) in [4.78, 5) is 13.4. The lowest BCUT2D eigenvalue weighted by Gasteiger charge is -2.17. The zero-order chi connectivity index (χ0) is 13.3. The Morgan fingerprint density at radius 1 is 1.18 bits per heavy atom. The topological polar surface area (TPSA) is 38.8 Å². The van der Waals surface area contributed by atoms with E-state index in [1.165, 1.54) is 0 Å². The molecule has 17 heavy (non-hydrogen) atoms. The highest BCUT2D eigenvalue weighted by atomic mass is 16.7. The van der Waals surface area contributed by atoms with Crippen LogP contribution in [-0.2, 0) is 9.47 Å². The number of carbonyl (C=O) groups excluding carboxylic acids is 1. The fourth-order valence-corrected chi connectivity index (χ4v) is 1.13. The fraction of sp³-hybridized carbons (Fsp3) is 0.923. The molecule has 0 heterocycles. The molecule has 0 amide bonds. The Morgan fingerprint density at radius 2 is 1.76 bits per heavy atom. The molecule has 0 aliphatic heterocycles. The summed E-state index contributed by atoms with van der Waals surface area (Å²) in [6.45, 7) is 11.2. The first-order valence-electron chi connectivity index (χ1n) is 6.33. The smallest absolute Gasteiger partial charge is 0.434 e. The van der Waals surface area contributed by atoms with E-state index in [9.17, 15) is 4.79 Å². The van der Waals surface area contributed by atoms with Gasteiger partial charge in [-0.1, -0.05) is 27.7 Å². The number of hydrogen-bond acceptors (Lipinski definition) is 4. The maximum Gasteiger partial charge on any atom is 0.508 e. The summed E-state index contributed by atoms with van der Waals surface area (Å²) >= 11 is 0. The Hall–Kier alpha value is -0.770. The standard InChI is InChI=1S/C13H27NO3/c1-6-14(5)9-7-10-16-12(15)17-11-8-13(2,3)4/h6-11H2,1-5H3. The van der Waals surface area contributed by atoms with Crippen LogP contribution in [0.2, 0.25) is 0 Å². The average molecular weight is 245 g/mol. The Kier molecular flexibility index (Phi) is 7.96. The lowest BCUT2D eigenvalue weighted by Crippen LogP contribution is -2.21. The molecule has 0 atom stereocenters. The zero-order valence-corrected chi connectivity index (χ0v) is 11.9. The molecule has 0 rings (SSSR count). The van der Waals surface area contributed by atoms with Gasteiger partial charge in [0, 0.05) is 6.54 Å². The second-order valence-electron chi connectivity index (χ2n) is 5.51. The van der Waals surface area contributed by atoms with Crippen molar-refractivity contribution < 1.29 is 14.3 Å². The quantitative estimate of drug-likeness (QED) is 0.510. The van der Waals surface area contributed by atoms with Gasteiger partial charge in [0.25, 0.3) is 0 Å². The van der Waals surface area contributed by atoms with Gasteiger partial charge in [0.15, 0.2) is 0 Å². The second-order valence-corrected chi connectivity index (χ2v) is 5.51. The molecule has 0 aromatic heterocycles. The van der Waals surface area contributed by atoms with E-state index in [2.05, 4.69) is 32.6 Å². The van der Waals surface area contributed by atoms with Gasteiger partial charge in [0.2, 0.25) is 0 Å². The molecule has 0 spiro atoms. The molecule has 0 aliphatic carbocycles. The van der Waals surface area contributed by atoms with Gasteiger partial charge >= 0.3 is 6.16 Å². The lowest BCUT2D eigenvalue weighted by atomic mass is 9.93. The minimum atomic E-state index is -0.548. The second kappa shape index (κ2) is 8.34. The molecule has 0 unspecified atom stereocenters. The molecule has 0 aliphatic rings. The molecule has 0 saturated carbocycles. The van der Waals surface area contributed by atoms with Crippen LogP contribution < -0.4 is 0 Å². The van der Waals surface area contributed by atoms with Crippen molar-refractivity contribution >= 4 is 6.16 Å². The molecule has 0 saturated heterocycles. The summed E-state index contributed by atoms with van der Waals surface area (Å²) in [7, 11) is 2.04. The molecule has 0 aromatic rings. The summed E-state index contributed by atoms with van der Waals surface area (Å²) < 4.78 is 9.94. The van der Waals surface area contributed by atoms with Crippen LogP contribution in [0.15, 0.2) is 0 Å². The minimum Gasteiger partial charge on any atom is -0.434 e. The van der Waals surface area contributed by atoms with Crippen molar-refractivity contribution in [1.29, 1.82) is 0 Å². The predicted molar refractivity (Wildman–Crippen MR) is 69.2 cm³/mol. The van der Waals surface area contributed by atoms with Crippen LogP contribution in [0.1, 0.15) is 40.5 Å². The van der Waals surface area contributed by atoms with Gasteiger partial charge < -0.3 is 14.4 Å². The van der Waals surface area contributed by atoms with Crippen molar-refractivity contribution in [3.63, 3.8) is 0 Å². The molecule has 0 N–H and O–H groups in total. The van der Waals surface area contributed by atoms with Crippen molar-refractivity contribution in [1.82, 2.24) is 4.90 Å². The van der Waals surface area contributed by atoms with Crippen LogP contribution in [-0.4, -0.2) is 44.4 Å². The van der Waals surface area contributed by atoms with Gasteiger partial charge in [0.05, 0.1) is 13.2 Å². The summed E-state index contributed by atoms with van der Waals surface area (Å²) in [5, 5.41) is 0. The summed E-state index contributed by atoms with van der Waals surface area (Å²) in [6.07, 6.45) is 1.15. The lowest BCUT2D eigenvalue weighted by molar-refractivity contribution is 0.0464. The van der Waals surface area contributed by atoms with E-state index < -0.39 is 6.16 Å². The van der Waals surface area contributed by atoms with Crippen LogP contribution in [0.5, 0.6) is 0 Å². The summed E-state index contributed by atoms with van der Waals surface area (Å²) in [5.41, 5.74) is 0.185. The van der Waals surface area contributed by atoms with Crippen molar-refractivity contribution in [3.8, 4) is 0 Å². The van der Waals surface area contributed by atoms with E-state index >= 15 is 0 Å². The van der Waals surface area contributed by atoms with E-state index in [4.69, 9.17) is 9.47 Å². The van der Waals surface area contributed by atoms with Crippen LogP contribution >= 0.6 is 0 Å². The average Bonchev–Trinajstić information content (AvgIpc) is 2.22. The third-order valence-electron chi connectivity index (χ3n) is 2.52. The highest BCUT2D eigenvalue weighted by Crippen LogP contribution is 2.17. The van der Waals surface area contributed by atoms with Crippen molar-refractivity contribution in [3.05, 3.63) is 0 Å². The number of rotatable bonds is 7. The molecule has 0 fully saturated rings. The first-order valence-corrected chi connectivity index (χ1v) is 6.33. The Balaban J connectivity index is 3.41. The summed E-state index contributed by atoms with van der Waals surface area (Å²) in [5.74, 6) is 0. The van der Waals surface area contributed by atoms with E-state index in [1.54, 1.807) is 0 Å². The minimum absolute atomic E-state index is 0.185. The van der Waals surface area contributed by atoms with E-state index in [0.717, 1.165) is 25.9 Å². The highest BCUT2D eigenvalue weighted by molar-refractivity contribution is 5.59. The molecule has 102 valence electrons. The van der Waals surface area contributed by atoms with E-state index in [-0.39, 0.29) is 5.41 Å². The van der Waals surface area contributed by atoms with Crippen molar-refractivity contribution in [2.45, 2.75) is 40.5 Å². The van der Waals surface area contributed by atoms with Gasteiger partial charge in [-0.15, -0.1) is 0 Å². The molecule has 4 heteroatoms. The predicted octanol–water partition coefficient (Wildman–Crippen LogP) is 2.92. The van der Waals surface area contributed by atoms with Gasteiger partial charge in [-0.2, -0.15) is 0 Å². The maximum absolute atomic E-state index is 11.2. The zero-order valence-electron chi connectivity index (χ0n) is 11.9. The Labute approximate surface area is 105 Å². The first-order chi connectivity index (χ1) is 7.85. The third-order valence-corrected chi connectivity index (χ3v) is 2.52. The molecule has 0 radical (unpaired) electrons. The number of ether oxygens (including phenoxy) is 2. The Morgan fingerprint density at radius 3 is 2.29 bits per heavy atom. The van der Waals surface area contributed by atoms with Gasteiger partial charge in [-0.25, -0.2) is 4.79 Å². The van der Waals surface area contributed by atoms with E-state index in [0.29, 0.717) is 13.2 Å². The SMILES string of the molecule is CCN(C)CCCOC(=O)OCCC(C)(C)C. The van der Waals surface area contributed by atoms with Crippen LogP contribution in [0.4, 0.5) is 4.79 Å². The van der Waals surface area contributed by atoms with Crippen LogP contribution in [0.3, 0.4) is 0 Å². The monoisotopic (exact) mass is 245 g/mol. The van der Waals surface area contributed by atoms with E-state index in [1.807, 2.05) is 7.05 Å². The molecular formula is C13H27NO3. The normalized spacial score (nSPS) is 11.6. The maximum atomic E-state index is 11.2. The Bertz CT molecular complexity index is 211. The van der Waals surface area contributed by atoms with Crippen molar-refractivity contribution in [2.24, 2.45) is 5.41 Å². The molecule has 0 bridgehead atoms. The van der Waals surface area contributed by atoms with Gasteiger partial charge in [-0.3, -0.25) is 0 Å². The third kappa shape index (κ3) is 11.5. The van der Waals surface area contributed by atoms with Gasteiger partial charge in [0.1, 0.15) is 0 Å². The number of nitrogens with zero attached hydrogens (tertiary/aromatic N) is 1. The van der Waals surface area contributed by atoms with Crippen LogP contribution in [0.25, 0.3) is 0 Å². The summed E-state index contributed by atoms with van der Waals surface area (Å²) in [6, 6.07) is 0. The molecule has 4 nitrogen and oxygen atoms in total. The highest BCUT2D eigenvalue weighted by Gasteiger charge is 2.11. The fourth-order valence-electron chi connectivity index (χ4n) is 1.13. The first kappa shape index (κ1) is 16.2. The molecular weight excluding hydrogens is 218 g/mol. The largest absolute Gasteiger partial charge is 0.508 e. The molecule has 0 aromatic carbocycles. The number of carbonyl (C=O) groups is 1. The van der Waals surface area contributed by atoms with Crippen LogP contribution in [0, 0.1) is 5.41 Å².